The summed E-state index contributed by atoms with van der Waals surface area (Å²) in [5, 5.41) is 0. The summed E-state index contributed by atoms with van der Waals surface area (Å²) in [7, 11) is 0. The van der Waals surface area contributed by atoms with Crippen molar-refractivity contribution < 1.29 is 9.47 Å². The van der Waals surface area contributed by atoms with E-state index in [0.29, 0.717) is 5.92 Å². The highest BCUT2D eigenvalue weighted by Gasteiger charge is 2.34. The zero-order valence-corrected chi connectivity index (χ0v) is 13.0. The third-order valence-corrected chi connectivity index (χ3v) is 4.88. The number of rotatable bonds is 4. The van der Waals surface area contributed by atoms with Gasteiger partial charge in [-0.3, -0.25) is 0 Å². The van der Waals surface area contributed by atoms with Crippen LogP contribution in [0.5, 0.6) is 0 Å². The molecule has 3 rings (SSSR count). The smallest absolute Gasteiger partial charge is 0.132 e. The molecule has 2 fully saturated rings. The first-order chi connectivity index (χ1) is 10.3. The SMILES string of the molecule is CCC1(CC)CN(c2cc([C@H]3CCOC3)ncn2)CCO1. The Morgan fingerprint density at radius 1 is 1.29 bits per heavy atom. The molecule has 0 N–H and O–H groups in total. The van der Waals surface area contributed by atoms with Crippen molar-refractivity contribution in [3.05, 3.63) is 18.1 Å². The van der Waals surface area contributed by atoms with E-state index in [1.807, 2.05) is 0 Å². The highest BCUT2D eigenvalue weighted by atomic mass is 16.5. The van der Waals surface area contributed by atoms with Crippen molar-refractivity contribution in [3.63, 3.8) is 0 Å². The Morgan fingerprint density at radius 3 is 2.86 bits per heavy atom. The second kappa shape index (κ2) is 6.28. The molecular formula is C16H25N3O2. The fourth-order valence-corrected chi connectivity index (χ4v) is 3.24. The molecule has 21 heavy (non-hydrogen) atoms. The van der Waals surface area contributed by atoms with E-state index in [9.17, 15) is 0 Å². The van der Waals surface area contributed by atoms with Crippen LogP contribution in [-0.2, 0) is 9.47 Å². The quantitative estimate of drug-likeness (QED) is 0.852. The molecule has 2 saturated heterocycles. The topological polar surface area (TPSA) is 47.5 Å². The van der Waals surface area contributed by atoms with Crippen molar-refractivity contribution in [2.24, 2.45) is 0 Å². The molecule has 0 amide bonds. The monoisotopic (exact) mass is 291 g/mol. The van der Waals surface area contributed by atoms with Gasteiger partial charge in [0.2, 0.25) is 0 Å². The van der Waals surface area contributed by atoms with Crippen LogP contribution in [0.15, 0.2) is 12.4 Å². The van der Waals surface area contributed by atoms with Gasteiger partial charge in [0.1, 0.15) is 12.1 Å². The number of ether oxygens (including phenoxy) is 2. The Kier molecular flexibility index (Phi) is 4.40. The molecule has 2 aliphatic heterocycles. The summed E-state index contributed by atoms with van der Waals surface area (Å²) in [5.41, 5.74) is 1.09. The molecule has 0 saturated carbocycles. The van der Waals surface area contributed by atoms with Gasteiger partial charge < -0.3 is 14.4 Å². The van der Waals surface area contributed by atoms with Crippen LogP contribution in [-0.4, -0.2) is 48.5 Å². The lowest BCUT2D eigenvalue weighted by molar-refractivity contribution is -0.0607. The Hall–Kier alpha value is -1.20. The fraction of sp³-hybridized carbons (Fsp3) is 0.750. The van der Waals surface area contributed by atoms with Crippen molar-refractivity contribution in [3.8, 4) is 0 Å². The van der Waals surface area contributed by atoms with Crippen LogP contribution in [0, 0.1) is 0 Å². The van der Waals surface area contributed by atoms with Gasteiger partial charge in [-0.05, 0) is 19.3 Å². The summed E-state index contributed by atoms with van der Waals surface area (Å²) in [6.07, 6.45) is 4.83. The third kappa shape index (κ3) is 3.04. The Bertz CT molecular complexity index is 470. The van der Waals surface area contributed by atoms with Crippen LogP contribution in [0.2, 0.25) is 0 Å². The van der Waals surface area contributed by atoms with Crippen LogP contribution in [0.25, 0.3) is 0 Å². The van der Waals surface area contributed by atoms with Crippen LogP contribution in [0.1, 0.15) is 44.7 Å². The molecule has 1 aromatic rings. The normalized spacial score (nSPS) is 25.2. The summed E-state index contributed by atoms with van der Waals surface area (Å²) in [6, 6.07) is 2.14. The summed E-state index contributed by atoms with van der Waals surface area (Å²) < 4.78 is 11.5. The Balaban J connectivity index is 1.78. The standard InChI is InChI=1S/C16H25N3O2/c1-3-16(4-2)11-19(6-8-21-16)15-9-14(17-12-18-15)13-5-7-20-10-13/h9,12-13H,3-8,10-11H2,1-2H3/t13-/m0/s1. The van der Waals surface area contributed by atoms with Gasteiger partial charge in [0, 0.05) is 31.7 Å². The first kappa shape index (κ1) is 14.7. The second-order valence-corrected chi connectivity index (χ2v) is 6.02. The minimum absolute atomic E-state index is 0.0279. The molecule has 2 aliphatic rings. The molecule has 0 aliphatic carbocycles. The van der Waals surface area contributed by atoms with Gasteiger partial charge in [-0.25, -0.2) is 9.97 Å². The maximum absolute atomic E-state index is 6.04. The second-order valence-electron chi connectivity index (χ2n) is 6.02. The largest absolute Gasteiger partial charge is 0.381 e. The van der Waals surface area contributed by atoms with Gasteiger partial charge in [0.15, 0.2) is 0 Å². The van der Waals surface area contributed by atoms with E-state index in [2.05, 4.69) is 34.8 Å². The molecule has 1 aromatic heterocycles. The Labute approximate surface area is 126 Å². The maximum Gasteiger partial charge on any atom is 0.132 e. The van der Waals surface area contributed by atoms with E-state index in [1.165, 1.54) is 0 Å². The number of nitrogens with zero attached hydrogens (tertiary/aromatic N) is 3. The van der Waals surface area contributed by atoms with E-state index in [-0.39, 0.29) is 5.60 Å². The molecule has 0 aromatic carbocycles. The third-order valence-electron chi connectivity index (χ3n) is 4.88. The number of hydrogen-bond donors (Lipinski definition) is 0. The predicted molar refractivity (Wildman–Crippen MR) is 81.7 cm³/mol. The van der Waals surface area contributed by atoms with Gasteiger partial charge in [-0.15, -0.1) is 0 Å². The van der Waals surface area contributed by atoms with Gasteiger partial charge >= 0.3 is 0 Å². The van der Waals surface area contributed by atoms with Crippen LogP contribution in [0.4, 0.5) is 5.82 Å². The predicted octanol–water partition coefficient (Wildman–Crippen LogP) is 2.38. The fourth-order valence-electron chi connectivity index (χ4n) is 3.24. The van der Waals surface area contributed by atoms with Gasteiger partial charge in [0.25, 0.3) is 0 Å². The number of aromatic nitrogens is 2. The number of morpholine rings is 1. The van der Waals surface area contributed by atoms with Crippen molar-refractivity contribution >= 4 is 5.82 Å². The summed E-state index contributed by atoms with van der Waals surface area (Å²) in [6.45, 7) is 8.62. The van der Waals surface area contributed by atoms with Gasteiger partial charge in [0.05, 0.1) is 24.5 Å². The highest BCUT2D eigenvalue weighted by Crippen LogP contribution is 2.30. The number of anilines is 1. The molecular weight excluding hydrogens is 266 g/mol. The van der Waals surface area contributed by atoms with Crippen molar-refractivity contribution in [1.82, 2.24) is 9.97 Å². The summed E-state index contributed by atoms with van der Waals surface area (Å²) >= 11 is 0. The van der Waals surface area contributed by atoms with Crippen LogP contribution in [0.3, 0.4) is 0 Å². The minimum atomic E-state index is -0.0279. The van der Waals surface area contributed by atoms with E-state index in [4.69, 9.17) is 9.47 Å². The molecule has 0 spiro atoms. The minimum Gasteiger partial charge on any atom is -0.381 e. The molecule has 3 heterocycles. The molecule has 116 valence electrons. The molecule has 0 bridgehead atoms. The molecule has 1 atom stereocenters. The van der Waals surface area contributed by atoms with Gasteiger partial charge in [-0.2, -0.15) is 0 Å². The van der Waals surface area contributed by atoms with Crippen molar-refractivity contribution in [2.45, 2.75) is 44.6 Å². The molecule has 5 heteroatoms. The van der Waals surface area contributed by atoms with Gasteiger partial charge in [-0.1, -0.05) is 13.8 Å². The van der Waals surface area contributed by atoms with Crippen molar-refractivity contribution in [2.75, 3.05) is 37.8 Å². The van der Waals surface area contributed by atoms with E-state index < -0.39 is 0 Å². The molecule has 0 radical (unpaired) electrons. The first-order valence-corrected chi connectivity index (χ1v) is 8.05. The molecule has 0 unspecified atom stereocenters. The lowest BCUT2D eigenvalue weighted by atomic mass is 9.95. The zero-order chi connectivity index (χ0) is 14.7. The highest BCUT2D eigenvalue weighted by molar-refractivity contribution is 5.41. The lowest BCUT2D eigenvalue weighted by Crippen LogP contribution is -2.51. The average molecular weight is 291 g/mol. The van der Waals surface area contributed by atoms with Crippen LogP contribution >= 0.6 is 0 Å². The molecule has 5 nitrogen and oxygen atoms in total. The number of hydrogen-bond acceptors (Lipinski definition) is 5. The summed E-state index contributed by atoms with van der Waals surface area (Å²) in [5.74, 6) is 1.45. The van der Waals surface area contributed by atoms with Crippen LogP contribution < -0.4 is 4.90 Å². The summed E-state index contributed by atoms with van der Waals surface area (Å²) in [4.78, 5) is 11.3. The zero-order valence-electron chi connectivity index (χ0n) is 13.0. The van der Waals surface area contributed by atoms with E-state index in [1.54, 1.807) is 6.33 Å². The Morgan fingerprint density at radius 2 is 2.14 bits per heavy atom. The lowest BCUT2D eigenvalue weighted by Gasteiger charge is -2.42. The maximum atomic E-state index is 6.04. The first-order valence-electron chi connectivity index (χ1n) is 8.05. The van der Waals surface area contributed by atoms with E-state index >= 15 is 0 Å². The average Bonchev–Trinajstić information content (AvgIpc) is 3.09. The van der Waals surface area contributed by atoms with E-state index in [0.717, 1.165) is 63.7 Å². The van der Waals surface area contributed by atoms with Crippen molar-refractivity contribution in [1.29, 1.82) is 0 Å².